The Morgan fingerprint density at radius 3 is 2.95 bits per heavy atom. The zero-order chi connectivity index (χ0) is 15.2. The minimum atomic E-state index is -1.03. The summed E-state index contributed by atoms with van der Waals surface area (Å²) in [6.07, 6.45) is 0. The summed E-state index contributed by atoms with van der Waals surface area (Å²) in [4.78, 5) is 26.8. The average Bonchev–Trinajstić information content (AvgIpc) is 3.12. The third-order valence-electron chi connectivity index (χ3n) is 2.24. The van der Waals surface area contributed by atoms with Gasteiger partial charge >= 0.3 is 11.9 Å². The van der Waals surface area contributed by atoms with Gasteiger partial charge in [0.25, 0.3) is 0 Å². The first-order valence-electron chi connectivity index (χ1n) is 5.84. The number of aliphatic hydroxyl groups is 1. The molecular formula is C11H12N4O5S. The zero-order valence-electron chi connectivity index (χ0n) is 10.7. The number of thiazole rings is 1. The predicted octanol–water partition coefficient (Wildman–Crippen LogP) is -0.269. The van der Waals surface area contributed by atoms with E-state index in [-0.39, 0.29) is 24.9 Å². The quantitative estimate of drug-likeness (QED) is 0.506. The smallest absolute Gasteiger partial charge is 0.397 e. The summed E-state index contributed by atoms with van der Waals surface area (Å²) in [5, 5.41) is 16.7. The first kappa shape index (κ1) is 15.1. The van der Waals surface area contributed by atoms with Gasteiger partial charge in [0.15, 0.2) is 10.9 Å². The highest BCUT2D eigenvalue weighted by Gasteiger charge is 2.17. The highest BCUT2D eigenvalue weighted by atomic mass is 32.1. The number of hydrogen-bond acceptors (Lipinski definition) is 9. The van der Waals surface area contributed by atoms with Gasteiger partial charge in [-0.2, -0.15) is 0 Å². The molecule has 0 radical (unpaired) electrons. The van der Waals surface area contributed by atoms with Crippen molar-refractivity contribution in [3.8, 4) is 11.4 Å². The number of hydrogen-bond donors (Lipinski definition) is 3. The van der Waals surface area contributed by atoms with Crippen molar-refractivity contribution in [2.75, 3.05) is 18.5 Å². The van der Waals surface area contributed by atoms with Gasteiger partial charge in [-0.25, -0.2) is 9.78 Å². The molecule has 0 aliphatic carbocycles. The normalized spacial score (nSPS) is 10.4. The minimum absolute atomic E-state index is 0.0295. The fourth-order valence-corrected chi connectivity index (χ4v) is 2.02. The van der Waals surface area contributed by atoms with Crippen LogP contribution in [0.1, 0.15) is 5.76 Å². The molecule has 112 valence electrons. The Kier molecular flexibility index (Phi) is 4.98. The molecule has 0 saturated heterocycles. The van der Waals surface area contributed by atoms with Crippen LogP contribution in [0.15, 0.2) is 16.0 Å². The Bertz CT molecular complexity index is 638. The Balaban J connectivity index is 2.00. The van der Waals surface area contributed by atoms with Crippen LogP contribution in [0.5, 0.6) is 0 Å². The van der Waals surface area contributed by atoms with E-state index in [2.05, 4.69) is 20.2 Å². The van der Waals surface area contributed by atoms with E-state index in [1.54, 1.807) is 5.38 Å². The molecule has 0 aliphatic rings. The van der Waals surface area contributed by atoms with Crippen LogP contribution in [0.25, 0.3) is 11.4 Å². The molecule has 9 nitrogen and oxygen atoms in total. The van der Waals surface area contributed by atoms with Crippen molar-refractivity contribution >= 4 is 28.3 Å². The van der Waals surface area contributed by atoms with Gasteiger partial charge in [-0.3, -0.25) is 10.1 Å². The molecule has 0 saturated carbocycles. The van der Waals surface area contributed by atoms with Crippen molar-refractivity contribution in [1.82, 2.24) is 10.1 Å². The molecule has 2 aromatic rings. The van der Waals surface area contributed by atoms with Crippen LogP contribution in [0, 0.1) is 0 Å². The molecular weight excluding hydrogens is 300 g/mol. The summed E-state index contributed by atoms with van der Waals surface area (Å²) < 4.78 is 9.41. The summed E-state index contributed by atoms with van der Waals surface area (Å²) in [6.45, 7) is -0.161. The number of aromatic nitrogens is 2. The van der Waals surface area contributed by atoms with Gasteiger partial charge < -0.3 is 20.1 Å². The van der Waals surface area contributed by atoms with Gasteiger partial charge in [0, 0.05) is 18.0 Å². The molecule has 2 heterocycles. The number of nitrogens with two attached hydrogens (primary N) is 1. The Morgan fingerprint density at radius 1 is 1.48 bits per heavy atom. The van der Waals surface area contributed by atoms with E-state index < -0.39 is 11.9 Å². The third-order valence-corrected chi connectivity index (χ3v) is 3.00. The van der Waals surface area contributed by atoms with Gasteiger partial charge in [-0.05, 0) is 0 Å². The molecule has 0 bridgehead atoms. The fraction of sp³-hybridized carbons (Fsp3) is 0.273. The SMILES string of the molecule is NCCOC(=O)C(=O)Nc1nc(-c2cc(CO)on2)cs1. The summed E-state index contributed by atoms with van der Waals surface area (Å²) in [5.41, 5.74) is 6.03. The maximum atomic E-state index is 11.5. The third kappa shape index (κ3) is 3.84. The number of rotatable bonds is 5. The molecule has 2 rings (SSSR count). The Labute approximate surface area is 122 Å². The lowest BCUT2D eigenvalue weighted by Crippen LogP contribution is -2.26. The standard InChI is InChI=1S/C11H12N4O5S/c12-1-2-19-10(18)9(17)14-11-13-8(5-21-11)7-3-6(4-16)20-15-7/h3,5,16H,1-2,4,12H2,(H,13,14,17). The zero-order valence-corrected chi connectivity index (χ0v) is 11.6. The first-order valence-corrected chi connectivity index (χ1v) is 6.72. The number of nitrogens with zero attached hydrogens (tertiary/aromatic N) is 2. The molecule has 4 N–H and O–H groups in total. The number of carbonyl (C=O) groups excluding carboxylic acids is 2. The molecule has 0 atom stereocenters. The predicted molar refractivity (Wildman–Crippen MR) is 72.2 cm³/mol. The van der Waals surface area contributed by atoms with Gasteiger partial charge in [0.2, 0.25) is 0 Å². The van der Waals surface area contributed by atoms with Crippen molar-refractivity contribution in [2.24, 2.45) is 5.73 Å². The van der Waals surface area contributed by atoms with Crippen LogP contribution in [0.2, 0.25) is 0 Å². The van der Waals surface area contributed by atoms with Crippen LogP contribution in [0.4, 0.5) is 5.13 Å². The van der Waals surface area contributed by atoms with Crippen molar-refractivity contribution in [1.29, 1.82) is 0 Å². The lowest BCUT2D eigenvalue weighted by Gasteiger charge is -2.01. The van der Waals surface area contributed by atoms with E-state index in [0.29, 0.717) is 17.1 Å². The van der Waals surface area contributed by atoms with Crippen LogP contribution in [0.3, 0.4) is 0 Å². The molecule has 0 aromatic carbocycles. The van der Waals surface area contributed by atoms with Gasteiger partial charge in [0.1, 0.15) is 24.6 Å². The number of aliphatic hydroxyl groups excluding tert-OH is 1. The van der Waals surface area contributed by atoms with E-state index >= 15 is 0 Å². The van der Waals surface area contributed by atoms with Crippen molar-refractivity contribution in [3.05, 3.63) is 17.2 Å². The number of amides is 1. The molecule has 1 amide bonds. The van der Waals surface area contributed by atoms with Crippen LogP contribution >= 0.6 is 11.3 Å². The molecule has 10 heteroatoms. The van der Waals surface area contributed by atoms with Crippen LogP contribution < -0.4 is 11.1 Å². The maximum absolute atomic E-state index is 11.5. The monoisotopic (exact) mass is 312 g/mol. The van der Waals surface area contributed by atoms with E-state index in [1.807, 2.05) is 0 Å². The van der Waals surface area contributed by atoms with Crippen molar-refractivity contribution in [3.63, 3.8) is 0 Å². The Morgan fingerprint density at radius 2 is 2.29 bits per heavy atom. The Hall–Kier alpha value is -2.30. The number of carbonyl (C=O) groups is 2. The second-order valence-corrected chi connectivity index (χ2v) is 4.61. The van der Waals surface area contributed by atoms with Gasteiger partial charge in [0.05, 0.1) is 0 Å². The van der Waals surface area contributed by atoms with E-state index in [4.69, 9.17) is 15.4 Å². The number of nitrogens with one attached hydrogen (secondary N) is 1. The highest BCUT2D eigenvalue weighted by molar-refractivity contribution is 7.14. The summed E-state index contributed by atoms with van der Waals surface area (Å²) in [6, 6.07) is 1.52. The van der Waals surface area contributed by atoms with Crippen molar-refractivity contribution < 1.29 is 24.0 Å². The van der Waals surface area contributed by atoms with E-state index in [0.717, 1.165) is 11.3 Å². The lowest BCUT2D eigenvalue weighted by molar-refractivity contribution is -0.152. The number of ether oxygens (including phenoxy) is 1. The second-order valence-electron chi connectivity index (χ2n) is 3.75. The number of anilines is 1. The number of esters is 1. The topological polar surface area (TPSA) is 141 Å². The largest absolute Gasteiger partial charge is 0.457 e. The van der Waals surface area contributed by atoms with Gasteiger partial charge in [-0.1, -0.05) is 5.16 Å². The van der Waals surface area contributed by atoms with Crippen LogP contribution in [-0.4, -0.2) is 40.3 Å². The average molecular weight is 312 g/mol. The summed E-state index contributed by atoms with van der Waals surface area (Å²) in [5.74, 6) is -1.66. The van der Waals surface area contributed by atoms with Crippen LogP contribution in [-0.2, 0) is 20.9 Å². The van der Waals surface area contributed by atoms with E-state index in [1.165, 1.54) is 6.07 Å². The molecule has 0 unspecified atom stereocenters. The molecule has 0 spiro atoms. The fourth-order valence-electron chi connectivity index (χ4n) is 1.32. The molecule has 0 fully saturated rings. The highest BCUT2D eigenvalue weighted by Crippen LogP contribution is 2.24. The van der Waals surface area contributed by atoms with Crippen molar-refractivity contribution in [2.45, 2.75) is 6.61 Å². The lowest BCUT2D eigenvalue weighted by atomic mass is 10.3. The minimum Gasteiger partial charge on any atom is -0.457 e. The maximum Gasteiger partial charge on any atom is 0.397 e. The van der Waals surface area contributed by atoms with E-state index in [9.17, 15) is 9.59 Å². The van der Waals surface area contributed by atoms with Gasteiger partial charge in [-0.15, -0.1) is 11.3 Å². The molecule has 2 aromatic heterocycles. The molecule has 0 aliphatic heterocycles. The summed E-state index contributed by atoms with van der Waals surface area (Å²) in [7, 11) is 0. The summed E-state index contributed by atoms with van der Waals surface area (Å²) >= 11 is 1.11. The first-order chi connectivity index (χ1) is 10.1. The molecule has 21 heavy (non-hydrogen) atoms. The second kappa shape index (κ2) is 6.92.